The summed E-state index contributed by atoms with van der Waals surface area (Å²) >= 11 is -1.23. The largest absolute Gasteiger partial charge is 0.611 e. The van der Waals surface area contributed by atoms with Gasteiger partial charge in [-0.15, -0.1) is 0 Å². The van der Waals surface area contributed by atoms with Crippen LogP contribution in [0.25, 0.3) is 17.2 Å². The average Bonchev–Trinajstić information content (AvgIpc) is 3.66. The molecule has 2 aliphatic rings. The van der Waals surface area contributed by atoms with Gasteiger partial charge in [0.05, 0.1) is 12.7 Å². The Morgan fingerprint density at radius 1 is 1.00 bits per heavy atom. The number of carbonyl (C=O) groups is 1. The molecular weight excluding hydrogens is 671 g/mol. The van der Waals surface area contributed by atoms with Gasteiger partial charge in [0.2, 0.25) is 0 Å². The maximum atomic E-state index is 13.8. The smallest absolute Gasteiger partial charge is 0.251 e. The lowest BCUT2D eigenvalue weighted by molar-refractivity contribution is -0.112. The van der Waals surface area contributed by atoms with Gasteiger partial charge in [-0.1, -0.05) is 31.5 Å². The van der Waals surface area contributed by atoms with Crippen molar-refractivity contribution in [1.82, 2.24) is 4.98 Å². The maximum Gasteiger partial charge on any atom is 0.251 e. The summed E-state index contributed by atoms with van der Waals surface area (Å²) in [6, 6.07) is 24.0. The number of pyridine rings is 1. The molecule has 1 N–H and O–H groups in total. The lowest BCUT2D eigenvalue weighted by Gasteiger charge is -2.31. The van der Waals surface area contributed by atoms with Crippen molar-refractivity contribution < 1.29 is 23.6 Å². The van der Waals surface area contributed by atoms with Crippen LogP contribution in [-0.2, 0) is 31.2 Å². The van der Waals surface area contributed by atoms with Crippen LogP contribution >= 0.6 is 0 Å². The van der Waals surface area contributed by atoms with Crippen LogP contribution in [0.4, 0.5) is 11.4 Å². The highest BCUT2D eigenvalue weighted by atomic mass is 32.2. The first-order chi connectivity index (χ1) is 25.4. The van der Waals surface area contributed by atoms with Gasteiger partial charge in [-0.3, -0.25) is 9.78 Å². The molecule has 2 aliphatic heterocycles. The molecule has 0 aliphatic carbocycles. The number of benzene rings is 3. The molecule has 6 rings (SSSR count). The summed E-state index contributed by atoms with van der Waals surface area (Å²) < 4.78 is 30.8. The van der Waals surface area contributed by atoms with E-state index in [-0.39, 0.29) is 12.0 Å². The van der Waals surface area contributed by atoms with Crippen molar-refractivity contribution in [1.29, 1.82) is 0 Å². The number of unbranched alkanes of at least 4 members (excludes halogenated alkanes) is 1. The molecule has 3 heterocycles. The Kier molecular flexibility index (Phi) is 13.4. The number of aromatic nitrogens is 1. The molecule has 274 valence electrons. The van der Waals surface area contributed by atoms with Gasteiger partial charge in [0.15, 0.2) is 4.90 Å². The molecule has 52 heavy (non-hydrogen) atoms. The predicted molar refractivity (Wildman–Crippen MR) is 210 cm³/mol. The van der Waals surface area contributed by atoms with E-state index < -0.39 is 11.2 Å². The van der Waals surface area contributed by atoms with Crippen LogP contribution < -0.4 is 15.0 Å². The van der Waals surface area contributed by atoms with Gasteiger partial charge in [0.1, 0.15) is 18.1 Å². The standard InChI is InChI=1S/C43H51N3O5S/c1-4-5-23-49-25-26-51-38-15-10-33(11-16-38)34-12-19-42-36(27-34)28-35(8-6-22-46(42)29-39-9-7-24-50-39)43(47)45-37-13-17-40(18-14-37)52(48)30-41-31(2)20-21-44-32(41)3/h10-21,27-28,39H,4-9,22-26,29-30H2,1-3H3,(H,45,47)/b35-28+/t39-,52-/m0/s1. The molecule has 0 radical (unpaired) electrons. The quantitative estimate of drug-likeness (QED) is 0.0970. The van der Waals surface area contributed by atoms with Crippen molar-refractivity contribution in [3.05, 3.63) is 107 Å². The van der Waals surface area contributed by atoms with E-state index in [0.29, 0.717) is 31.1 Å². The zero-order valence-electron chi connectivity index (χ0n) is 30.7. The first kappa shape index (κ1) is 37.6. The number of hydrogen-bond donors (Lipinski definition) is 1. The maximum absolute atomic E-state index is 13.8. The predicted octanol–water partition coefficient (Wildman–Crippen LogP) is 8.67. The third-order valence-corrected chi connectivity index (χ3v) is 11.1. The van der Waals surface area contributed by atoms with Crippen LogP contribution in [0, 0.1) is 13.8 Å². The number of amides is 1. The van der Waals surface area contributed by atoms with Crippen LogP contribution in [0.3, 0.4) is 0 Å². The minimum atomic E-state index is -1.23. The molecule has 4 aromatic rings. The minimum absolute atomic E-state index is 0.125. The van der Waals surface area contributed by atoms with Gasteiger partial charge >= 0.3 is 0 Å². The Balaban J connectivity index is 1.18. The van der Waals surface area contributed by atoms with Crippen molar-refractivity contribution >= 4 is 34.5 Å². The molecule has 2 atom stereocenters. The second kappa shape index (κ2) is 18.6. The monoisotopic (exact) mass is 721 g/mol. The fourth-order valence-corrected chi connectivity index (χ4v) is 8.06. The molecular formula is C43H51N3O5S. The van der Waals surface area contributed by atoms with Gasteiger partial charge in [0, 0.05) is 60.7 Å². The van der Waals surface area contributed by atoms with E-state index in [4.69, 9.17) is 14.2 Å². The topological polar surface area (TPSA) is 96.0 Å². The number of carbonyl (C=O) groups excluding carboxylic acids is 1. The van der Waals surface area contributed by atoms with E-state index in [9.17, 15) is 9.35 Å². The van der Waals surface area contributed by atoms with E-state index in [0.717, 1.165) is 114 Å². The van der Waals surface area contributed by atoms with E-state index in [1.165, 1.54) is 0 Å². The third-order valence-electron chi connectivity index (χ3n) is 9.79. The molecule has 0 saturated carbocycles. The number of hydrogen-bond acceptors (Lipinski definition) is 7. The molecule has 1 fully saturated rings. The number of rotatable bonds is 15. The summed E-state index contributed by atoms with van der Waals surface area (Å²) in [7, 11) is 0. The molecule has 0 bridgehead atoms. The number of ether oxygens (including phenoxy) is 3. The van der Waals surface area contributed by atoms with E-state index in [1.807, 2.05) is 62.4 Å². The fraction of sp³-hybridized carbons (Fsp3) is 0.395. The number of fused-ring (bicyclic) bond motifs is 1. The molecule has 1 amide bonds. The van der Waals surface area contributed by atoms with Gasteiger partial charge in [0.25, 0.3) is 5.91 Å². The first-order valence-corrected chi connectivity index (χ1v) is 19.9. The van der Waals surface area contributed by atoms with Crippen LogP contribution in [0.2, 0.25) is 0 Å². The average molecular weight is 722 g/mol. The van der Waals surface area contributed by atoms with Gasteiger partial charge in [-0.2, -0.15) is 0 Å². The molecule has 0 unspecified atom stereocenters. The molecule has 0 spiro atoms. The Hall–Kier alpha value is -4.15. The highest BCUT2D eigenvalue weighted by Gasteiger charge is 2.24. The minimum Gasteiger partial charge on any atom is -0.611 e. The summed E-state index contributed by atoms with van der Waals surface area (Å²) in [4.78, 5) is 21.3. The second-order valence-electron chi connectivity index (χ2n) is 13.6. The number of nitrogens with zero attached hydrogens (tertiary/aromatic N) is 2. The summed E-state index contributed by atoms with van der Waals surface area (Å²) in [5, 5.41) is 3.11. The summed E-state index contributed by atoms with van der Waals surface area (Å²) in [5.74, 6) is 1.09. The Morgan fingerprint density at radius 2 is 1.81 bits per heavy atom. The van der Waals surface area contributed by atoms with Crippen molar-refractivity contribution in [3.8, 4) is 16.9 Å². The van der Waals surface area contributed by atoms with Gasteiger partial charge < -0.3 is 29.0 Å². The number of aryl methyl sites for hydroxylation is 2. The first-order valence-electron chi connectivity index (χ1n) is 18.6. The zero-order valence-corrected chi connectivity index (χ0v) is 31.5. The van der Waals surface area contributed by atoms with E-state index in [2.05, 4.69) is 52.5 Å². The molecule has 9 heteroatoms. The lowest BCUT2D eigenvalue weighted by Crippen LogP contribution is -2.34. The summed E-state index contributed by atoms with van der Waals surface area (Å²) in [5.41, 5.74) is 8.67. The van der Waals surface area contributed by atoms with Crippen molar-refractivity contribution in [2.45, 2.75) is 76.0 Å². The number of anilines is 2. The van der Waals surface area contributed by atoms with Crippen LogP contribution in [0.1, 0.15) is 67.8 Å². The fourth-order valence-electron chi connectivity index (χ4n) is 6.75. The van der Waals surface area contributed by atoms with E-state index >= 15 is 0 Å². The zero-order chi connectivity index (χ0) is 36.3. The Morgan fingerprint density at radius 3 is 2.56 bits per heavy atom. The number of nitrogens with one attached hydrogen (secondary N) is 1. The highest BCUT2D eigenvalue weighted by molar-refractivity contribution is 7.90. The van der Waals surface area contributed by atoms with Crippen LogP contribution in [-0.4, -0.2) is 61.1 Å². The molecule has 3 aromatic carbocycles. The highest BCUT2D eigenvalue weighted by Crippen LogP contribution is 2.34. The van der Waals surface area contributed by atoms with Crippen molar-refractivity contribution in [2.24, 2.45) is 0 Å². The van der Waals surface area contributed by atoms with E-state index in [1.54, 1.807) is 6.20 Å². The van der Waals surface area contributed by atoms with Gasteiger partial charge in [-0.05, 0) is 140 Å². The van der Waals surface area contributed by atoms with Gasteiger partial charge in [-0.25, -0.2) is 0 Å². The third kappa shape index (κ3) is 10.0. The lowest BCUT2D eigenvalue weighted by atomic mass is 9.96. The molecule has 1 aromatic heterocycles. The second-order valence-corrected chi connectivity index (χ2v) is 15.1. The molecule has 8 nitrogen and oxygen atoms in total. The normalized spacial score (nSPS) is 17.4. The SMILES string of the molecule is CCCCOCCOc1ccc(-c2ccc3c(c2)/C=C(/C(=O)Nc2ccc([S@@+]([O-])Cc4c(C)ccnc4C)cc2)CCCN3C[C@@H]2CCCO2)cc1. The van der Waals surface area contributed by atoms with Crippen molar-refractivity contribution in [3.63, 3.8) is 0 Å². The Labute approximate surface area is 311 Å². The summed E-state index contributed by atoms with van der Waals surface area (Å²) in [6.45, 7) is 10.5. The van der Waals surface area contributed by atoms with Crippen molar-refractivity contribution in [2.75, 3.05) is 49.7 Å². The van der Waals surface area contributed by atoms with Crippen LogP contribution in [0.15, 0.2) is 89.5 Å². The summed E-state index contributed by atoms with van der Waals surface area (Å²) in [6.07, 6.45) is 9.90. The Bertz CT molecular complexity index is 1780. The van der Waals surface area contributed by atoms with Crippen LogP contribution in [0.5, 0.6) is 5.75 Å². The molecule has 1 saturated heterocycles.